The third-order valence-electron chi connectivity index (χ3n) is 2.45. The van der Waals surface area contributed by atoms with Crippen molar-refractivity contribution in [1.82, 2.24) is 4.90 Å². The second kappa shape index (κ2) is 6.20. The summed E-state index contributed by atoms with van der Waals surface area (Å²) in [5.74, 6) is 0. The van der Waals surface area contributed by atoms with Crippen LogP contribution in [0.15, 0.2) is 42.6 Å². The molecule has 1 aromatic rings. The molecule has 0 atom stereocenters. The molecule has 0 unspecified atom stereocenters. The average Bonchev–Trinajstić information content (AvgIpc) is 2.23. The molecule has 0 saturated carbocycles. The van der Waals surface area contributed by atoms with Gasteiger partial charge in [0, 0.05) is 44.8 Å². The van der Waals surface area contributed by atoms with E-state index in [0.717, 1.165) is 17.0 Å². The molecule has 85 valence electrons. The van der Waals surface area contributed by atoms with Gasteiger partial charge in [0.25, 0.3) is 0 Å². The Morgan fingerprint density at radius 1 is 1.29 bits per heavy atom. The van der Waals surface area contributed by atoms with E-state index in [2.05, 4.69) is 12.7 Å². The molecular weight excluding hydrogens is 330 g/mol. The van der Waals surface area contributed by atoms with Crippen molar-refractivity contribution < 1.29 is 32.7 Å². The van der Waals surface area contributed by atoms with E-state index in [4.69, 9.17) is 23.2 Å². The van der Waals surface area contributed by atoms with Crippen LogP contribution in [-0.2, 0) is 32.7 Å². The predicted octanol–water partition coefficient (Wildman–Crippen LogP) is 4.15. The fraction of sp³-hybridized carbons (Fsp3) is 0.0769. The first-order chi connectivity index (χ1) is 7.59. The van der Waals surface area contributed by atoms with E-state index in [1.165, 1.54) is 0 Å². The van der Waals surface area contributed by atoms with Crippen LogP contribution in [0.25, 0.3) is 5.70 Å². The Kier molecular flexibility index (Phi) is 5.46. The van der Waals surface area contributed by atoms with Crippen LogP contribution in [0, 0.1) is 6.08 Å². The molecule has 4 heteroatoms. The number of hydrogen-bond acceptors (Lipinski definition) is 1. The zero-order chi connectivity index (χ0) is 11.7. The van der Waals surface area contributed by atoms with Gasteiger partial charge in [-0.15, -0.1) is 12.1 Å². The van der Waals surface area contributed by atoms with Crippen molar-refractivity contribution in [1.29, 1.82) is 0 Å². The molecule has 17 heavy (non-hydrogen) atoms. The monoisotopic (exact) mass is 339 g/mol. The topological polar surface area (TPSA) is 3.24 Å². The van der Waals surface area contributed by atoms with E-state index in [1.807, 2.05) is 36.2 Å². The van der Waals surface area contributed by atoms with Gasteiger partial charge in [0.05, 0.1) is 0 Å². The standard InChI is InChI=1S/C13H10Cl2N.Y/c1-9-4-3-5-13(16(9)2)11-7-6-10(14)8-12(11)15;/h3-4,6-8H,1H2,2H3;/q-1;. The summed E-state index contributed by atoms with van der Waals surface area (Å²) in [6, 6.07) is 5.42. The Morgan fingerprint density at radius 2 is 2.00 bits per heavy atom. The fourth-order valence-electron chi connectivity index (χ4n) is 1.51. The first-order valence-electron chi connectivity index (χ1n) is 4.77. The SMILES string of the molecule is C=C1C=C[C-]=C(c2ccc(Cl)cc2Cl)N1C.[Y]. The van der Waals surface area contributed by atoms with Gasteiger partial charge in [-0.3, -0.25) is 0 Å². The number of rotatable bonds is 1. The van der Waals surface area contributed by atoms with Crippen LogP contribution in [0.1, 0.15) is 5.56 Å². The molecule has 0 N–H and O–H groups in total. The number of hydrogen-bond donors (Lipinski definition) is 0. The zero-order valence-electron chi connectivity index (χ0n) is 9.37. The van der Waals surface area contributed by atoms with E-state index >= 15 is 0 Å². The van der Waals surface area contributed by atoms with E-state index in [1.54, 1.807) is 6.07 Å². The molecule has 1 aliphatic heterocycles. The molecular formula is C13H10Cl2NY-. The summed E-state index contributed by atoms with van der Waals surface area (Å²) in [5, 5.41) is 1.24. The molecule has 0 fully saturated rings. The molecule has 1 heterocycles. The van der Waals surface area contributed by atoms with Gasteiger partial charge in [-0.25, -0.2) is 0 Å². The second-order valence-electron chi connectivity index (χ2n) is 3.50. The maximum atomic E-state index is 6.15. The Labute approximate surface area is 137 Å². The molecule has 0 spiro atoms. The number of nitrogens with zero attached hydrogens (tertiary/aromatic N) is 1. The minimum absolute atomic E-state index is 0. The van der Waals surface area contributed by atoms with Gasteiger partial charge in [0.15, 0.2) is 0 Å². The quantitative estimate of drug-likeness (QED) is 0.695. The number of benzene rings is 1. The Balaban J connectivity index is 0.00000144. The number of allylic oxidation sites excluding steroid dienone is 3. The maximum absolute atomic E-state index is 6.15. The van der Waals surface area contributed by atoms with E-state index < -0.39 is 0 Å². The molecule has 0 saturated heterocycles. The molecule has 2 rings (SSSR count). The minimum atomic E-state index is 0. The summed E-state index contributed by atoms with van der Waals surface area (Å²) in [6.07, 6.45) is 6.88. The van der Waals surface area contributed by atoms with E-state index in [0.29, 0.717) is 10.0 Å². The van der Waals surface area contributed by atoms with Gasteiger partial charge < -0.3 is 4.90 Å². The van der Waals surface area contributed by atoms with Gasteiger partial charge >= 0.3 is 0 Å². The van der Waals surface area contributed by atoms with Crippen molar-refractivity contribution in [2.75, 3.05) is 7.05 Å². The molecule has 1 aromatic carbocycles. The predicted molar refractivity (Wildman–Crippen MR) is 69.2 cm³/mol. The fourth-order valence-corrected chi connectivity index (χ4v) is 2.01. The van der Waals surface area contributed by atoms with Gasteiger partial charge in [-0.1, -0.05) is 47.1 Å². The van der Waals surface area contributed by atoms with E-state index in [9.17, 15) is 0 Å². The summed E-state index contributed by atoms with van der Waals surface area (Å²) in [5.41, 5.74) is 2.70. The summed E-state index contributed by atoms with van der Waals surface area (Å²) >= 11 is 12.0. The average molecular weight is 340 g/mol. The van der Waals surface area contributed by atoms with Crippen LogP contribution in [-0.4, -0.2) is 11.9 Å². The van der Waals surface area contributed by atoms with Crippen molar-refractivity contribution >= 4 is 28.9 Å². The zero-order valence-corrected chi connectivity index (χ0v) is 13.7. The van der Waals surface area contributed by atoms with Crippen LogP contribution in [0.3, 0.4) is 0 Å². The second-order valence-corrected chi connectivity index (χ2v) is 4.34. The first kappa shape index (κ1) is 15.0. The normalized spacial score (nSPS) is 14.4. The van der Waals surface area contributed by atoms with E-state index in [-0.39, 0.29) is 32.7 Å². The molecule has 0 aliphatic carbocycles. The summed E-state index contributed by atoms with van der Waals surface area (Å²) in [6.45, 7) is 3.93. The molecule has 1 radical (unpaired) electrons. The van der Waals surface area contributed by atoms with Gasteiger partial charge in [-0.2, -0.15) is 12.2 Å². The number of likely N-dealkylation sites (N-methyl/N-ethyl adjacent to an activating group) is 1. The smallest absolute Gasteiger partial charge is 0.0400 e. The van der Waals surface area contributed by atoms with Crippen LogP contribution in [0.5, 0.6) is 0 Å². The van der Waals surface area contributed by atoms with Crippen LogP contribution in [0.4, 0.5) is 0 Å². The molecule has 0 aromatic heterocycles. The summed E-state index contributed by atoms with van der Waals surface area (Å²) in [7, 11) is 1.93. The minimum Gasteiger partial charge on any atom is -0.379 e. The van der Waals surface area contributed by atoms with Crippen molar-refractivity contribution in [3.63, 3.8) is 0 Å². The Hall–Kier alpha value is -0.0761. The first-order valence-corrected chi connectivity index (χ1v) is 5.53. The van der Waals surface area contributed by atoms with Crippen molar-refractivity contribution in [2.45, 2.75) is 0 Å². The third-order valence-corrected chi connectivity index (χ3v) is 3.00. The molecule has 0 bridgehead atoms. The van der Waals surface area contributed by atoms with Gasteiger partial charge in [0.1, 0.15) is 0 Å². The van der Waals surface area contributed by atoms with Gasteiger partial charge in [-0.05, 0) is 16.8 Å². The molecule has 1 nitrogen and oxygen atoms in total. The summed E-state index contributed by atoms with van der Waals surface area (Å²) in [4.78, 5) is 1.94. The molecule has 1 aliphatic rings. The largest absolute Gasteiger partial charge is 0.379 e. The van der Waals surface area contributed by atoms with Gasteiger partial charge in [0.2, 0.25) is 0 Å². The van der Waals surface area contributed by atoms with Crippen molar-refractivity contribution in [3.05, 3.63) is 64.3 Å². The van der Waals surface area contributed by atoms with Crippen molar-refractivity contribution in [2.24, 2.45) is 0 Å². The molecule has 0 amide bonds. The third kappa shape index (κ3) is 3.23. The van der Waals surface area contributed by atoms with Crippen LogP contribution >= 0.6 is 23.2 Å². The van der Waals surface area contributed by atoms with Crippen molar-refractivity contribution in [3.8, 4) is 0 Å². The number of halogens is 2. The Bertz CT molecular complexity index is 506. The van der Waals surface area contributed by atoms with Crippen LogP contribution in [0.2, 0.25) is 10.0 Å². The van der Waals surface area contributed by atoms with Crippen LogP contribution < -0.4 is 0 Å². The summed E-state index contributed by atoms with van der Waals surface area (Å²) < 4.78 is 0. The maximum Gasteiger partial charge on any atom is 0.0400 e. The Morgan fingerprint density at radius 3 is 2.65 bits per heavy atom.